The van der Waals surface area contributed by atoms with Crippen LogP contribution >= 0.6 is 0 Å². The summed E-state index contributed by atoms with van der Waals surface area (Å²) in [5, 5.41) is 10.8. The van der Waals surface area contributed by atoms with Gasteiger partial charge in [0.1, 0.15) is 6.61 Å². The molecule has 106 valence electrons. The summed E-state index contributed by atoms with van der Waals surface area (Å²) in [6.45, 7) is 0.608. The van der Waals surface area contributed by atoms with Gasteiger partial charge in [0.25, 0.3) is 0 Å². The number of nitrogens with one attached hydrogen (secondary N) is 2. The standard InChI is InChI=1S/C14H16N2O4.Cs/c17-13-8-10(9-20-15-7-3-6-14(18)19)16-12-5-2-1-4-11(12)13;/h1-2,4-5,8,15H,3,6-7,9H2,(H,16,17)(H,18,19);/q;+1/p-1. The van der Waals surface area contributed by atoms with E-state index in [4.69, 9.17) is 4.84 Å². The number of hydroxylamine groups is 1. The topological polar surface area (TPSA) is 94.2 Å². The minimum atomic E-state index is -1.08. The van der Waals surface area contributed by atoms with E-state index in [2.05, 4.69) is 10.5 Å². The van der Waals surface area contributed by atoms with Gasteiger partial charge in [-0.25, -0.2) is 5.48 Å². The molecule has 2 rings (SSSR count). The van der Waals surface area contributed by atoms with Crippen LogP contribution in [0.15, 0.2) is 35.1 Å². The number of hydrogen-bond acceptors (Lipinski definition) is 5. The summed E-state index contributed by atoms with van der Waals surface area (Å²) in [6.07, 6.45) is 0.416. The molecule has 0 saturated carbocycles. The van der Waals surface area contributed by atoms with Gasteiger partial charge in [-0.1, -0.05) is 12.1 Å². The Balaban J connectivity index is 0.00000220. The van der Waals surface area contributed by atoms with E-state index in [9.17, 15) is 14.7 Å². The van der Waals surface area contributed by atoms with E-state index in [1.165, 1.54) is 6.07 Å². The Hall–Kier alpha value is -0.128. The molecule has 0 atom stereocenters. The number of carboxylic acids is 1. The fraction of sp³-hybridized carbons (Fsp3) is 0.286. The van der Waals surface area contributed by atoms with Crippen molar-refractivity contribution in [1.82, 2.24) is 10.5 Å². The molecule has 0 spiro atoms. The van der Waals surface area contributed by atoms with Gasteiger partial charge in [-0.15, -0.1) is 0 Å². The van der Waals surface area contributed by atoms with Gasteiger partial charge in [-0.2, -0.15) is 0 Å². The molecule has 6 nitrogen and oxygen atoms in total. The molecule has 0 radical (unpaired) electrons. The summed E-state index contributed by atoms with van der Waals surface area (Å²) in [5.74, 6) is -1.08. The van der Waals surface area contributed by atoms with Gasteiger partial charge < -0.3 is 14.9 Å². The number of carbonyl (C=O) groups is 1. The minimum Gasteiger partial charge on any atom is -0.550 e. The molecule has 0 aliphatic carbocycles. The summed E-state index contributed by atoms with van der Waals surface area (Å²) in [7, 11) is 0. The zero-order valence-corrected chi connectivity index (χ0v) is 18.1. The van der Waals surface area contributed by atoms with Crippen molar-refractivity contribution in [2.75, 3.05) is 6.54 Å². The Bertz CT molecular complexity index is 657. The van der Waals surface area contributed by atoms with Crippen LogP contribution in [-0.2, 0) is 16.2 Å². The van der Waals surface area contributed by atoms with E-state index in [0.717, 1.165) is 5.52 Å². The van der Waals surface area contributed by atoms with Crippen molar-refractivity contribution in [3.05, 3.63) is 46.2 Å². The second-order valence-corrected chi connectivity index (χ2v) is 4.36. The Kier molecular flexibility index (Phi) is 8.83. The van der Waals surface area contributed by atoms with Crippen LogP contribution in [0.5, 0.6) is 0 Å². The van der Waals surface area contributed by atoms with Gasteiger partial charge in [-0.05, 0) is 25.0 Å². The number of para-hydroxylation sites is 1. The SMILES string of the molecule is O=C([O-])CCCNOCc1cc(=O)c2ccccc2[nH]1.[Cs+]. The molecule has 0 fully saturated rings. The smallest absolute Gasteiger partial charge is 0.550 e. The van der Waals surface area contributed by atoms with Crippen LogP contribution in [0.4, 0.5) is 0 Å². The van der Waals surface area contributed by atoms with Gasteiger partial charge in [0.15, 0.2) is 5.43 Å². The van der Waals surface area contributed by atoms with Gasteiger partial charge in [0, 0.05) is 35.2 Å². The normalized spacial score (nSPS) is 10.3. The number of aliphatic carboxylic acids is 1. The van der Waals surface area contributed by atoms with Crippen molar-refractivity contribution in [1.29, 1.82) is 0 Å². The van der Waals surface area contributed by atoms with Gasteiger partial charge in [-0.3, -0.25) is 9.63 Å². The van der Waals surface area contributed by atoms with E-state index < -0.39 is 5.97 Å². The van der Waals surface area contributed by atoms with Crippen LogP contribution in [0, 0.1) is 0 Å². The fourth-order valence-corrected chi connectivity index (χ4v) is 1.84. The van der Waals surface area contributed by atoms with Crippen molar-refractivity contribution in [3.63, 3.8) is 0 Å². The Morgan fingerprint density at radius 1 is 1.33 bits per heavy atom. The molecular formula is C14H15CsN2O4. The van der Waals surface area contributed by atoms with Crippen LogP contribution < -0.4 is 84.9 Å². The van der Waals surface area contributed by atoms with E-state index in [-0.39, 0.29) is 87.4 Å². The molecular weight excluding hydrogens is 393 g/mol. The zero-order chi connectivity index (χ0) is 14.4. The molecule has 21 heavy (non-hydrogen) atoms. The third kappa shape index (κ3) is 6.25. The quantitative estimate of drug-likeness (QED) is 0.379. The molecule has 7 heteroatoms. The van der Waals surface area contributed by atoms with Gasteiger partial charge in [0.05, 0.1) is 0 Å². The first-order valence-corrected chi connectivity index (χ1v) is 6.32. The molecule has 2 N–H and O–H groups in total. The molecule has 0 aliphatic heterocycles. The Labute approximate surface area is 180 Å². The molecule has 0 unspecified atom stereocenters. The monoisotopic (exact) mass is 408 g/mol. The minimum absolute atomic E-state index is 0. The van der Waals surface area contributed by atoms with Crippen molar-refractivity contribution >= 4 is 16.9 Å². The Morgan fingerprint density at radius 3 is 2.86 bits per heavy atom. The molecule has 0 aliphatic rings. The number of benzene rings is 1. The fourth-order valence-electron chi connectivity index (χ4n) is 1.84. The first kappa shape index (κ1) is 18.9. The van der Waals surface area contributed by atoms with E-state index >= 15 is 0 Å². The summed E-state index contributed by atoms with van der Waals surface area (Å²) < 4.78 is 0. The molecule has 0 bridgehead atoms. The maximum Gasteiger partial charge on any atom is 1.00 e. The average Bonchev–Trinajstić information content (AvgIpc) is 2.42. The third-order valence-electron chi connectivity index (χ3n) is 2.78. The molecule has 2 aromatic rings. The van der Waals surface area contributed by atoms with Crippen molar-refractivity contribution in [2.24, 2.45) is 0 Å². The second-order valence-electron chi connectivity index (χ2n) is 4.36. The van der Waals surface area contributed by atoms with E-state index in [1.807, 2.05) is 18.2 Å². The van der Waals surface area contributed by atoms with Gasteiger partial charge in [0.2, 0.25) is 0 Å². The van der Waals surface area contributed by atoms with E-state index in [1.54, 1.807) is 6.07 Å². The summed E-state index contributed by atoms with van der Waals surface area (Å²) >= 11 is 0. The van der Waals surface area contributed by atoms with Gasteiger partial charge >= 0.3 is 68.9 Å². The number of carboxylic acid groups (broad SMARTS) is 1. The zero-order valence-electron chi connectivity index (χ0n) is 11.8. The summed E-state index contributed by atoms with van der Waals surface area (Å²) in [4.78, 5) is 30.3. The summed E-state index contributed by atoms with van der Waals surface area (Å²) in [5.41, 5.74) is 4.00. The number of rotatable bonds is 7. The first-order chi connectivity index (χ1) is 9.66. The maximum absolute atomic E-state index is 11.8. The van der Waals surface area contributed by atoms with Crippen LogP contribution in [0.25, 0.3) is 10.9 Å². The number of aromatic amines is 1. The molecule has 1 aromatic carbocycles. The predicted molar refractivity (Wildman–Crippen MR) is 71.6 cm³/mol. The molecule has 0 amide bonds. The van der Waals surface area contributed by atoms with Crippen LogP contribution in [0.1, 0.15) is 18.5 Å². The first-order valence-electron chi connectivity index (χ1n) is 6.32. The van der Waals surface area contributed by atoms with Crippen LogP contribution in [-0.4, -0.2) is 17.5 Å². The van der Waals surface area contributed by atoms with Crippen LogP contribution in [0.3, 0.4) is 0 Å². The molecule has 0 saturated heterocycles. The largest absolute Gasteiger partial charge is 1.00 e. The number of hydrogen-bond donors (Lipinski definition) is 2. The Morgan fingerprint density at radius 2 is 2.10 bits per heavy atom. The molecule has 1 aromatic heterocycles. The maximum atomic E-state index is 11.8. The summed E-state index contributed by atoms with van der Waals surface area (Å²) in [6, 6.07) is 8.74. The second kappa shape index (κ2) is 9.80. The predicted octanol–water partition coefficient (Wildman–Crippen LogP) is -2.92. The van der Waals surface area contributed by atoms with Crippen LogP contribution in [0.2, 0.25) is 0 Å². The number of pyridine rings is 1. The number of H-pyrrole nitrogens is 1. The van der Waals surface area contributed by atoms with E-state index in [0.29, 0.717) is 24.0 Å². The van der Waals surface area contributed by atoms with Crippen molar-refractivity contribution < 1.29 is 83.6 Å². The molecule has 1 heterocycles. The number of aromatic nitrogens is 1. The number of fused-ring (bicyclic) bond motifs is 1. The third-order valence-corrected chi connectivity index (χ3v) is 2.78. The average molecular weight is 408 g/mol. The van der Waals surface area contributed by atoms with Crippen molar-refractivity contribution in [2.45, 2.75) is 19.4 Å². The number of carbonyl (C=O) groups excluding carboxylic acids is 1. The van der Waals surface area contributed by atoms with Crippen molar-refractivity contribution in [3.8, 4) is 0 Å².